The van der Waals surface area contributed by atoms with Crippen molar-refractivity contribution in [2.24, 2.45) is 0 Å². The second-order valence-electron chi connectivity index (χ2n) is 4.56. The predicted molar refractivity (Wildman–Crippen MR) is 66.8 cm³/mol. The van der Waals surface area contributed by atoms with Crippen LogP contribution in [-0.4, -0.2) is 16.7 Å². The van der Waals surface area contributed by atoms with Gasteiger partial charge in [0.2, 0.25) is 0 Å². The van der Waals surface area contributed by atoms with Crippen molar-refractivity contribution in [2.75, 3.05) is 0 Å². The van der Waals surface area contributed by atoms with E-state index < -0.39 is 22.8 Å². The predicted octanol–water partition coefficient (Wildman–Crippen LogP) is 3.91. The molecule has 1 aromatic carbocycles. The van der Waals surface area contributed by atoms with Crippen molar-refractivity contribution in [3.05, 3.63) is 34.9 Å². The number of rotatable bonds is 2. The molecule has 2 atom stereocenters. The van der Waals surface area contributed by atoms with E-state index >= 15 is 0 Å². The average Bonchev–Trinajstić information content (AvgIpc) is 2.61. The molecule has 1 heterocycles. The number of carbonyl (C=O) groups is 1. The molecule has 0 radical (unpaired) electrons. The van der Waals surface area contributed by atoms with Crippen LogP contribution in [0.2, 0.25) is 0 Å². The van der Waals surface area contributed by atoms with Crippen LogP contribution >= 0.6 is 11.8 Å². The van der Waals surface area contributed by atoms with Crippen molar-refractivity contribution >= 4 is 17.7 Å². The summed E-state index contributed by atoms with van der Waals surface area (Å²) in [7, 11) is 0. The van der Waals surface area contributed by atoms with Gasteiger partial charge in [-0.3, -0.25) is 4.79 Å². The lowest BCUT2D eigenvalue weighted by molar-refractivity contribution is -0.141. The summed E-state index contributed by atoms with van der Waals surface area (Å²) in [5.74, 6) is -0.579. The van der Waals surface area contributed by atoms with Gasteiger partial charge >= 0.3 is 11.5 Å². The molecule has 0 N–H and O–H groups in total. The molecule has 0 spiro atoms. The average molecular weight is 290 g/mol. The summed E-state index contributed by atoms with van der Waals surface area (Å²) in [4.78, 5) is 11.3. The molecule has 1 fully saturated rings. The van der Waals surface area contributed by atoms with Gasteiger partial charge in [0.1, 0.15) is 6.10 Å². The molecule has 1 aliphatic heterocycles. The molecule has 1 aromatic rings. The minimum Gasteiger partial charge on any atom is -0.456 e. The number of carbonyl (C=O) groups excluding carboxylic acids is 1. The van der Waals surface area contributed by atoms with E-state index in [1.165, 1.54) is 0 Å². The molecular formula is C13H13F3O2S. The van der Waals surface area contributed by atoms with Gasteiger partial charge in [-0.2, -0.15) is 13.2 Å². The quantitative estimate of drug-likeness (QED) is 0.772. The first-order chi connectivity index (χ1) is 8.76. The molecular weight excluding hydrogens is 277 g/mol. The summed E-state index contributed by atoms with van der Waals surface area (Å²) < 4.78 is 42.4. The molecule has 0 bridgehead atoms. The van der Waals surface area contributed by atoms with Gasteiger partial charge in [0.05, 0.1) is 11.7 Å². The smallest absolute Gasteiger partial charge is 0.442 e. The van der Waals surface area contributed by atoms with E-state index in [1.54, 1.807) is 12.1 Å². The second kappa shape index (κ2) is 5.07. The van der Waals surface area contributed by atoms with Crippen LogP contribution in [0, 0.1) is 13.8 Å². The van der Waals surface area contributed by atoms with Gasteiger partial charge in [-0.05, 0) is 42.3 Å². The minimum absolute atomic E-state index is 0.165. The molecule has 6 heteroatoms. The van der Waals surface area contributed by atoms with Crippen LogP contribution in [0.4, 0.5) is 13.2 Å². The fraction of sp³-hybridized carbons (Fsp3) is 0.462. The lowest BCUT2D eigenvalue weighted by Gasteiger charge is -2.19. The van der Waals surface area contributed by atoms with E-state index in [0.29, 0.717) is 5.56 Å². The summed E-state index contributed by atoms with van der Waals surface area (Å²) in [6, 6.07) is 5.32. The van der Waals surface area contributed by atoms with E-state index in [2.05, 4.69) is 0 Å². The standard InChI is InChI=1S/C13H13F3O2S/c1-7-3-4-9(5-8(7)2)12-10(6-11(17)18-12)19-13(14,15)16/h3-5,10,12H,6H2,1-2H3/t10-,12+/m0/s1. The summed E-state index contributed by atoms with van der Waals surface area (Å²) in [5.41, 5.74) is -1.73. The van der Waals surface area contributed by atoms with Crippen molar-refractivity contribution < 1.29 is 22.7 Å². The Morgan fingerprint density at radius 2 is 1.95 bits per heavy atom. The number of aryl methyl sites for hydroxylation is 2. The number of benzene rings is 1. The monoisotopic (exact) mass is 290 g/mol. The number of halogens is 3. The Labute approximate surface area is 113 Å². The van der Waals surface area contributed by atoms with Crippen LogP contribution in [0.25, 0.3) is 0 Å². The molecule has 0 aromatic heterocycles. The number of esters is 1. The zero-order chi connectivity index (χ0) is 14.2. The van der Waals surface area contributed by atoms with Crippen molar-refractivity contribution in [1.29, 1.82) is 0 Å². The first-order valence-corrected chi connectivity index (χ1v) is 6.65. The van der Waals surface area contributed by atoms with Gasteiger partial charge in [0.15, 0.2) is 0 Å². The first-order valence-electron chi connectivity index (χ1n) is 5.77. The van der Waals surface area contributed by atoms with E-state index in [1.807, 2.05) is 19.9 Å². The van der Waals surface area contributed by atoms with Crippen LogP contribution in [0.5, 0.6) is 0 Å². The number of alkyl halides is 3. The summed E-state index contributed by atoms with van der Waals surface area (Å²) in [6.07, 6.45) is -1.03. The highest BCUT2D eigenvalue weighted by Gasteiger charge is 2.44. The third-order valence-electron chi connectivity index (χ3n) is 3.11. The van der Waals surface area contributed by atoms with Gasteiger partial charge in [-0.15, -0.1) is 0 Å². The molecule has 1 saturated heterocycles. The summed E-state index contributed by atoms with van der Waals surface area (Å²) in [5, 5.41) is -0.908. The van der Waals surface area contributed by atoms with Crippen LogP contribution < -0.4 is 0 Å². The highest BCUT2D eigenvalue weighted by atomic mass is 32.2. The van der Waals surface area contributed by atoms with Crippen molar-refractivity contribution in [3.8, 4) is 0 Å². The number of hydrogen-bond acceptors (Lipinski definition) is 3. The molecule has 0 aliphatic carbocycles. The van der Waals surface area contributed by atoms with Crippen LogP contribution in [0.3, 0.4) is 0 Å². The van der Waals surface area contributed by atoms with Gasteiger partial charge < -0.3 is 4.74 Å². The third kappa shape index (κ3) is 3.43. The highest BCUT2D eigenvalue weighted by Crippen LogP contribution is 2.45. The van der Waals surface area contributed by atoms with E-state index in [4.69, 9.17) is 4.74 Å². The summed E-state index contributed by atoms with van der Waals surface area (Å²) >= 11 is -0.165. The Bertz CT molecular complexity index is 499. The molecule has 19 heavy (non-hydrogen) atoms. The zero-order valence-corrected chi connectivity index (χ0v) is 11.3. The fourth-order valence-corrected chi connectivity index (χ4v) is 2.94. The highest BCUT2D eigenvalue weighted by molar-refractivity contribution is 8.00. The van der Waals surface area contributed by atoms with Crippen molar-refractivity contribution in [1.82, 2.24) is 0 Å². The third-order valence-corrected chi connectivity index (χ3v) is 4.09. The maximum atomic E-state index is 12.5. The first kappa shape index (κ1) is 14.2. The molecule has 2 nitrogen and oxygen atoms in total. The molecule has 0 amide bonds. The molecule has 104 valence electrons. The number of hydrogen-bond donors (Lipinski definition) is 0. The molecule has 1 aliphatic rings. The van der Waals surface area contributed by atoms with Gasteiger partial charge in [-0.1, -0.05) is 18.2 Å². The normalized spacial score (nSPS) is 23.5. The Morgan fingerprint density at radius 1 is 1.26 bits per heavy atom. The number of ether oxygens (including phenoxy) is 1. The van der Waals surface area contributed by atoms with Crippen LogP contribution in [-0.2, 0) is 9.53 Å². The van der Waals surface area contributed by atoms with Gasteiger partial charge in [-0.25, -0.2) is 0 Å². The van der Waals surface area contributed by atoms with E-state index in [-0.39, 0.29) is 18.2 Å². The number of thioether (sulfide) groups is 1. The Balaban J connectivity index is 2.25. The summed E-state index contributed by atoms with van der Waals surface area (Å²) in [6.45, 7) is 3.79. The SMILES string of the molecule is Cc1ccc([C@H]2OC(=O)C[C@@H]2SC(F)(F)F)cc1C. The van der Waals surface area contributed by atoms with Crippen molar-refractivity contribution in [2.45, 2.75) is 37.1 Å². The lowest BCUT2D eigenvalue weighted by atomic mass is 10.0. The zero-order valence-electron chi connectivity index (χ0n) is 10.5. The van der Waals surface area contributed by atoms with Crippen LogP contribution in [0.15, 0.2) is 18.2 Å². The Hall–Kier alpha value is -1.17. The molecule has 0 saturated carbocycles. The lowest BCUT2D eigenvalue weighted by Crippen LogP contribution is -2.16. The fourth-order valence-electron chi connectivity index (χ4n) is 2.04. The second-order valence-corrected chi connectivity index (χ2v) is 5.86. The maximum absolute atomic E-state index is 12.5. The molecule has 2 rings (SSSR count). The van der Waals surface area contributed by atoms with E-state index in [0.717, 1.165) is 11.1 Å². The Kier molecular flexibility index (Phi) is 3.80. The number of cyclic esters (lactones) is 1. The van der Waals surface area contributed by atoms with Crippen LogP contribution in [0.1, 0.15) is 29.2 Å². The van der Waals surface area contributed by atoms with Gasteiger partial charge in [0, 0.05) is 0 Å². The maximum Gasteiger partial charge on any atom is 0.442 e. The topological polar surface area (TPSA) is 26.3 Å². The van der Waals surface area contributed by atoms with E-state index in [9.17, 15) is 18.0 Å². The minimum atomic E-state index is -4.36. The van der Waals surface area contributed by atoms with Crippen molar-refractivity contribution in [3.63, 3.8) is 0 Å². The van der Waals surface area contributed by atoms with Gasteiger partial charge in [0.25, 0.3) is 0 Å². The largest absolute Gasteiger partial charge is 0.456 e. The Morgan fingerprint density at radius 3 is 2.53 bits per heavy atom. The molecule has 0 unspecified atom stereocenters.